The van der Waals surface area contributed by atoms with Crippen molar-refractivity contribution in [2.24, 2.45) is 5.92 Å². The molecule has 17 heavy (non-hydrogen) atoms. The normalized spacial score (nSPS) is 33.4. The van der Waals surface area contributed by atoms with Crippen LogP contribution in [0.4, 0.5) is 0 Å². The summed E-state index contributed by atoms with van der Waals surface area (Å²) >= 11 is 3.03. The lowest BCUT2D eigenvalue weighted by Crippen LogP contribution is -2.41. The zero-order valence-electron chi connectivity index (χ0n) is 10.2. The van der Waals surface area contributed by atoms with Gasteiger partial charge in [-0.2, -0.15) is 0 Å². The zero-order valence-corrected chi connectivity index (χ0v) is 16.0. The van der Waals surface area contributed by atoms with Gasteiger partial charge >= 0.3 is 0 Å². The van der Waals surface area contributed by atoms with E-state index >= 15 is 0 Å². The molecule has 1 rings (SSSR count). The highest BCUT2D eigenvalue weighted by molar-refractivity contribution is 8.69. The van der Waals surface area contributed by atoms with Gasteiger partial charge in [-0.3, -0.25) is 4.18 Å². The first-order chi connectivity index (χ1) is 8.00. The molecule has 0 aromatic carbocycles. The summed E-state index contributed by atoms with van der Waals surface area (Å²) in [6.45, 7) is 6.84. The fraction of sp³-hybridized carbons (Fsp3) is 1.00. The number of hydrogen-bond acceptors (Lipinski definition) is 5. The minimum atomic E-state index is -0.235. The Bertz CT molecular complexity index is 223. The van der Waals surface area contributed by atoms with E-state index in [-0.39, 0.29) is 26.0 Å². The lowest BCUT2D eigenvalue weighted by atomic mass is 9.99. The van der Waals surface area contributed by atoms with Crippen molar-refractivity contribution >= 4 is 54.8 Å². The Hall–Kier alpha value is 2.30. The third-order valence-electron chi connectivity index (χ3n) is 2.21. The van der Waals surface area contributed by atoms with E-state index in [1.807, 2.05) is 0 Å². The van der Waals surface area contributed by atoms with Gasteiger partial charge in [0, 0.05) is 23.3 Å². The second-order valence-electron chi connectivity index (χ2n) is 3.90. The van der Waals surface area contributed by atoms with Gasteiger partial charge in [-0.15, -0.1) is 0 Å². The van der Waals surface area contributed by atoms with E-state index in [4.69, 9.17) is 13.1 Å². The van der Waals surface area contributed by atoms with E-state index in [1.165, 1.54) is 23.3 Å². The van der Waals surface area contributed by atoms with Crippen molar-refractivity contribution in [1.29, 1.82) is 0 Å². The molecule has 7 atom stereocenters. The fourth-order valence-corrected chi connectivity index (χ4v) is 4.51. The minimum absolute atomic E-state index is 0.0340. The molecule has 0 aliphatic carbocycles. The van der Waals surface area contributed by atoms with Crippen molar-refractivity contribution in [3.05, 3.63) is 0 Å². The molecule has 1 fully saturated rings. The van der Waals surface area contributed by atoms with Crippen molar-refractivity contribution in [2.45, 2.75) is 25.7 Å². The summed E-state index contributed by atoms with van der Waals surface area (Å²) in [7, 11) is 5.54. The Morgan fingerprint density at radius 2 is 1.76 bits per heavy atom. The van der Waals surface area contributed by atoms with Crippen molar-refractivity contribution in [3.63, 3.8) is 0 Å². The second-order valence-corrected chi connectivity index (χ2v) is 18.0. The van der Waals surface area contributed by atoms with E-state index in [0.29, 0.717) is 5.92 Å². The fourth-order valence-electron chi connectivity index (χ4n) is 1.35. The summed E-state index contributed by atoms with van der Waals surface area (Å²) in [6.07, 6.45) is 0.837. The van der Waals surface area contributed by atoms with Crippen LogP contribution in [0.25, 0.3) is 0 Å². The quantitative estimate of drug-likeness (QED) is 0.510. The van der Waals surface area contributed by atoms with Gasteiger partial charge in [0.2, 0.25) is 0 Å². The largest absolute Gasteiger partial charge is 0.349 e. The van der Waals surface area contributed by atoms with E-state index in [9.17, 15) is 0 Å². The zero-order chi connectivity index (χ0) is 12.8. The molecule has 9 heteroatoms. The topological polar surface area (TPSA) is 27.7 Å². The first-order valence-electron chi connectivity index (χ1n) is 5.26. The number of hydrogen-bond donors (Lipinski definition) is 0. The summed E-state index contributed by atoms with van der Waals surface area (Å²) in [4.78, 5) is 0. The molecule has 1 aliphatic heterocycles. The molecule has 102 valence electrons. The maximum atomic E-state index is 5.86. The van der Waals surface area contributed by atoms with Gasteiger partial charge in [-0.05, 0) is 39.3 Å². The van der Waals surface area contributed by atoms with Crippen LogP contribution in [0, 0.1) is 5.92 Å². The van der Waals surface area contributed by atoms with Crippen LogP contribution >= 0.6 is 54.8 Å². The van der Waals surface area contributed by atoms with Gasteiger partial charge in [0.05, 0.1) is 6.61 Å². The van der Waals surface area contributed by atoms with Gasteiger partial charge in [-0.1, -0.05) is 24.8 Å². The Morgan fingerprint density at radius 3 is 2.35 bits per heavy atom. The maximum Gasteiger partial charge on any atom is 0.198 e. The molecule has 0 bridgehead atoms. The summed E-state index contributed by atoms with van der Waals surface area (Å²) in [6, 6.07) is 0. The Kier molecular flexibility index (Phi) is 9.47. The lowest BCUT2D eigenvalue weighted by molar-refractivity contribution is -0.168. The van der Waals surface area contributed by atoms with Gasteiger partial charge < -0.3 is 8.92 Å². The van der Waals surface area contributed by atoms with Crippen LogP contribution in [-0.4, -0.2) is 32.3 Å². The molecular formula is C8H20O3P4S2. The highest BCUT2D eigenvalue weighted by Crippen LogP contribution is 2.57. The highest BCUT2D eigenvalue weighted by atomic mass is 32.9. The third kappa shape index (κ3) is 7.03. The van der Waals surface area contributed by atoms with Crippen LogP contribution in [-0.2, 0) is 13.1 Å². The molecular weight excluding hydrogens is 332 g/mol. The van der Waals surface area contributed by atoms with Crippen LogP contribution in [0.15, 0.2) is 0 Å². The summed E-state index contributed by atoms with van der Waals surface area (Å²) in [5.41, 5.74) is 0. The van der Waals surface area contributed by atoms with E-state index in [1.54, 1.807) is 0 Å². The van der Waals surface area contributed by atoms with E-state index < -0.39 is 0 Å². The molecule has 1 aliphatic rings. The molecule has 0 aromatic heterocycles. The number of ether oxygens (including phenoxy) is 1. The van der Waals surface area contributed by atoms with Crippen molar-refractivity contribution in [2.75, 3.05) is 19.9 Å². The average Bonchev–Trinajstić information content (AvgIpc) is 2.24. The van der Waals surface area contributed by atoms with Crippen LogP contribution in [0.3, 0.4) is 0 Å². The van der Waals surface area contributed by atoms with Crippen molar-refractivity contribution < 1.29 is 13.1 Å². The summed E-state index contributed by atoms with van der Waals surface area (Å²) < 4.78 is 17.3. The first-order valence-corrected chi connectivity index (χ1v) is 14.8. The van der Waals surface area contributed by atoms with Crippen molar-refractivity contribution in [1.82, 2.24) is 0 Å². The first kappa shape index (κ1) is 17.4. The molecule has 0 radical (unpaired) electrons. The van der Waals surface area contributed by atoms with E-state index in [2.05, 4.69) is 38.1 Å². The average molecular weight is 352 g/mol. The summed E-state index contributed by atoms with van der Waals surface area (Å²) in [5, 5.41) is 0. The maximum absolute atomic E-state index is 5.86. The Morgan fingerprint density at radius 1 is 1.18 bits per heavy atom. The van der Waals surface area contributed by atoms with Crippen LogP contribution in [0.1, 0.15) is 13.3 Å². The van der Waals surface area contributed by atoms with E-state index in [0.717, 1.165) is 13.0 Å². The van der Waals surface area contributed by atoms with Gasteiger partial charge in [-0.25, -0.2) is 0 Å². The highest BCUT2D eigenvalue weighted by Gasteiger charge is 2.34. The second kappa shape index (κ2) is 9.28. The Balaban J connectivity index is 2.45. The van der Waals surface area contributed by atoms with Gasteiger partial charge in [0.1, 0.15) is 6.10 Å². The Labute approximate surface area is 119 Å². The minimum Gasteiger partial charge on any atom is -0.349 e. The molecule has 0 N–H and O–H groups in total. The summed E-state index contributed by atoms with van der Waals surface area (Å²) in [5.74, 6) is 0.481. The molecule has 3 nitrogen and oxygen atoms in total. The molecule has 0 amide bonds. The molecule has 1 saturated heterocycles. The standard InChI is InChI=1S/C8H20O3P4S2/c1-6-4-5-9-8(11-17-15(3)13)7(6)10-16-14(2)12/h6-8H,4-5,12-13H2,1-3H3/t6?,7-,8?,14?,15?/m1/s1. The molecule has 1 heterocycles. The van der Waals surface area contributed by atoms with Gasteiger partial charge in [0.25, 0.3) is 0 Å². The molecule has 0 aromatic rings. The van der Waals surface area contributed by atoms with Crippen molar-refractivity contribution in [3.8, 4) is 0 Å². The number of rotatable bonds is 6. The predicted molar refractivity (Wildman–Crippen MR) is 89.8 cm³/mol. The lowest BCUT2D eigenvalue weighted by Gasteiger charge is -2.35. The smallest absolute Gasteiger partial charge is 0.198 e. The third-order valence-corrected chi connectivity index (χ3v) is 6.74. The van der Waals surface area contributed by atoms with Crippen LogP contribution < -0.4 is 0 Å². The SMILES string of the molecule is CC1CCOC(OSP(C)P)[C@@H]1OSP(C)P. The van der Waals surface area contributed by atoms with Gasteiger partial charge in [0.15, 0.2) is 6.29 Å². The molecule has 6 unspecified atom stereocenters. The predicted octanol–water partition coefficient (Wildman–Crippen LogP) is 4.70. The van der Waals surface area contributed by atoms with Crippen LogP contribution in [0.5, 0.6) is 0 Å². The molecule has 0 spiro atoms. The monoisotopic (exact) mass is 352 g/mol. The van der Waals surface area contributed by atoms with Crippen LogP contribution in [0.2, 0.25) is 0 Å². The molecule has 0 saturated carbocycles.